The van der Waals surface area contributed by atoms with Crippen LogP contribution in [0.2, 0.25) is 5.02 Å². The van der Waals surface area contributed by atoms with E-state index in [1.165, 1.54) is 14.2 Å². The van der Waals surface area contributed by atoms with Crippen LogP contribution in [0.1, 0.15) is 30.2 Å². The molecule has 0 atom stereocenters. The topological polar surface area (TPSA) is 69.6 Å². The molecule has 1 N–H and O–H groups in total. The van der Waals surface area contributed by atoms with Gasteiger partial charge in [-0.15, -0.1) is 0 Å². The molecule has 7 heteroatoms. The van der Waals surface area contributed by atoms with E-state index in [0.29, 0.717) is 27.6 Å². The van der Waals surface area contributed by atoms with Crippen LogP contribution in [-0.2, 0) is 0 Å². The zero-order valence-electron chi connectivity index (χ0n) is 16.1. The molecule has 0 aliphatic heterocycles. The Morgan fingerprint density at radius 3 is 2.50 bits per heavy atom. The van der Waals surface area contributed by atoms with Crippen LogP contribution in [0.5, 0.6) is 11.5 Å². The van der Waals surface area contributed by atoms with Gasteiger partial charge in [-0.2, -0.15) is 0 Å². The molecule has 0 saturated heterocycles. The monoisotopic (exact) mass is 400 g/mol. The molecule has 0 spiro atoms. The summed E-state index contributed by atoms with van der Waals surface area (Å²) in [5, 5.41) is 3.58. The number of carbonyl (C=O) groups is 1. The molecule has 1 aromatic heterocycles. The molecule has 3 aromatic rings. The van der Waals surface area contributed by atoms with Crippen molar-refractivity contribution < 1.29 is 14.3 Å². The summed E-state index contributed by atoms with van der Waals surface area (Å²) >= 11 is 6.08. The molecule has 28 heavy (non-hydrogen) atoms. The van der Waals surface area contributed by atoms with Crippen molar-refractivity contribution in [2.45, 2.75) is 19.9 Å². The Morgan fingerprint density at radius 1 is 1.11 bits per heavy atom. The van der Waals surface area contributed by atoms with E-state index in [9.17, 15) is 9.59 Å². The van der Waals surface area contributed by atoms with Crippen molar-refractivity contribution in [3.63, 3.8) is 0 Å². The van der Waals surface area contributed by atoms with Crippen molar-refractivity contribution in [1.29, 1.82) is 0 Å². The minimum Gasteiger partial charge on any atom is -0.497 e. The molecular formula is C21H21ClN2O4. The lowest BCUT2D eigenvalue weighted by Gasteiger charge is -2.17. The highest BCUT2D eigenvalue weighted by Gasteiger charge is 2.18. The highest BCUT2D eigenvalue weighted by molar-refractivity contribution is 6.31. The maximum Gasteiger partial charge on any atom is 0.261 e. The Balaban J connectivity index is 2.12. The minimum absolute atomic E-state index is 0.0216. The SMILES string of the molecule is COc1ccc(OC)c(NC(=O)c2cn(C(C)C)c3ccc(Cl)cc3c2=O)c1. The fraction of sp³-hybridized carbons (Fsp3) is 0.238. The molecule has 2 aromatic carbocycles. The molecule has 0 saturated carbocycles. The van der Waals surface area contributed by atoms with Gasteiger partial charge in [0.1, 0.15) is 17.1 Å². The zero-order valence-corrected chi connectivity index (χ0v) is 16.8. The average Bonchev–Trinajstić information content (AvgIpc) is 2.68. The number of methoxy groups -OCH3 is 2. The van der Waals surface area contributed by atoms with Crippen molar-refractivity contribution in [2.24, 2.45) is 0 Å². The van der Waals surface area contributed by atoms with Crippen LogP contribution in [0.25, 0.3) is 10.9 Å². The summed E-state index contributed by atoms with van der Waals surface area (Å²) in [5.41, 5.74) is 0.774. The number of pyridine rings is 1. The summed E-state index contributed by atoms with van der Waals surface area (Å²) in [7, 11) is 3.03. The lowest BCUT2D eigenvalue weighted by Crippen LogP contribution is -2.24. The third-order valence-electron chi connectivity index (χ3n) is 4.45. The van der Waals surface area contributed by atoms with Gasteiger partial charge in [-0.25, -0.2) is 0 Å². The van der Waals surface area contributed by atoms with E-state index in [-0.39, 0.29) is 17.0 Å². The van der Waals surface area contributed by atoms with Crippen LogP contribution in [0, 0.1) is 0 Å². The second-order valence-electron chi connectivity index (χ2n) is 6.55. The maximum absolute atomic E-state index is 13.0. The lowest BCUT2D eigenvalue weighted by atomic mass is 10.1. The first kappa shape index (κ1) is 19.8. The Labute approximate surface area is 167 Å². The highest BCUT2D eigenvalue weighted by atomic mass is 35.5. The van der Waals surface area contributed by atoms with Gasteiger partial charge in [0.2, 0.25) is 5.43 Å². The number of halogens is 1. The maximum atomic E-state index is 13.0. The summed E-state index contributed by atoms with van der Waals surface area (Å²) < 4.78 is 12.4. The molecule has 0 aliphatic carbocycles. The van der Waals surface area contributed by atoms with E-state index < -0.39 is 5.91 Å². The van der Waals surface area contributed by atoms with E-state index in [1.807, 2.05) is 18.4 Å². The Bertz CT molecular complexity index is 1110. The van der Waals surface area contributed by atoms with Crippen LogP contribution in [-0.4, -0.2) is 24.7 Å². The number of rotatable bonds is 5. The number of nitrogens with one attached hydrogen (secondary N) is 1. The van der Waals surface area contributed by atoms with Crippen molar-refractivity contribution in [3.05, 3.63) is 63.4 Å². The molecule has 0 bridgehead atoms. The lowest BCUT2D eigenvalue weighted by molar-refractivity contribution is 0.102. The second kappa shape index (κ2) is 7.94. The average molecular weight is 401 g/mol. The molecule has 0 fully saturated rings. The zero-order chi connectivity index (χ0) is 20.4. The van der Waals surface area contributed by atoms with Crippen LogP contribution in [0.3, 0.4) is 0 Å². The summed E-state index contributed by atoms with van der Waals surface area (Å²) in [6.07, 6.45) is 1.57. The number of fused-ring (bicyclic) bond motifs is 1. The largest absolute Gasteiger partial charge is 0.497 e. The van der Waals surface area contributed by atoms with Gasteiger partial charge in [-0.05, 0) is 44.2 Å². The van der Waals surface area contributed by atoms with Crippen LogP contribution in [0.4, 0.5) is 5.69 Å². The molecular weight excluding hydrogens is 380 g/mol. The Hall–Kier alpha value is -2.99. The number of benzene rings is 2. The van der Waals surface area contributed by atoms with Gasteiger partial charge in [-0.1, -0.05) is 11.6 Å². The molecule has 6 nitrogen and oxygen atoms in total. The molecule has 0 unspecified atom stereocenters. The summed E-state index contributed by atoms with van der Waals surface area (Å²) in [6.45, 7) is 3.95. The van der Waals surface area contributed by atoms with Gasteiger partial charge in [-0.3, -0.25) is 9.59 Å². The first-order chi connectivity index (χ1) is 13.3. The molecule has 3 rings (SSSR count). The third-order valence-corrected chi connectivity index (χ3v) is 4.69. The first-order valence-corrected chi connectivity index (χ1v) is 9.11. The normalized spacial score (nSPS) is 10.9. The van der Waals surface area contributed by atoms with Gasteiger partial charge >= 0.3 is 0 Å². The Kier molecular flexibility index (Phi) is 5.61. The number of aromatic nitrogens is 1. The van der Waals surface area contributed by atoms with Gasteiger partial charge in [0.05, 0.1) is 25.4 Å². The molecule has 0 radical (unpaired) electrons. The van der Waals surface area contributed by atoms with Crippen molar-refractivity contribution in [3.8, 4) is 11.5 Å². The molecule has 146 valence electrons. The van der Waals surface area contributed by atoms with E-state index in [1.54, 1.807) is 42.6 Å². The molecule has 1 heterocycles. The van der Waals surface area contributed by atoms with Gasteiger partial charge in [0.15, 0.2) is 0 Å². The van der Waals surface area contributed by atoms with E-state index in [0.717, 1.165) is 5.52 Å². The summed E-state index contributed by atoms with van der Waals surface area (Å²) in [6, 6.07) is 10.2. The standard InChI is InChI=1S/C21H21ClN2O4/c1-12(2)24-11-16(20(25)15-9-13(22)5-7-18(15)24)21(26)23-17-10-14(27-3)6-8-19(17)28-4/h5-12H,1-4H3,(H,23,26). The first-order valence-electron chi connectivity index (χ1n) is 8.73. The van der Waals surface area contributed by atoms with Crippen LogP contribution >= 0.6 is 11.6 Å². The summed E-state index contributed by atoms with van der Waals surface area (Å²) in [4.78, 5) is 25.9. The highest BCUT2D eigenvalue weighted by Crippen LogP contribution is 2.29. The van der Waals surface area contributed by atoms with E-state index in [2.05, 4.69) is 5.32 Å². The fourth-order valence-corrected chi connectivity index (χ4v) is 3.19. The number of ether oxygens (including phenoxy) is 2. The van der Waals surface area contributed by atoms with Crippen LogP contribution in [0.15, 0.2) is 47.4 Å². The number of amides is 1. The molecule has 0 aliphatic rings. The summed E-state index contributed by atoms with van der Waals surface area (Å²) in [5.74, 6) is 0.482. The van der Waals surface area contributed by atoms with E-state index >= 15 is 0 Å². The number of carbonyl (C=O) groups excluding carboxylic acids is 1. The quantitative estimate of drug-likeness (QED) is 0.684. The van der Waals surface area contributed by atoms with E-state index in [4.69, 9.17) is 21.1 Å². The third kappa shape index (κ3) is 3.68. The molecule has 1 amide bonds. The van der Waals surface area contributed by atoms with Crippen LogP contribution < -0.4 is 20.2 Å². The minimum atomic E-state index is -0.534. The predicted octanol–water partition coefficient (Wildman–Crippen LogP) is 4.51. The fourth-order valence-electron chi connectivity index (χ4n) is 3.02. The number of anilines is 1. The predicted molar refractivity (Wildman–Crippen MR) is 111 cm³/mol. The smallest absolute Gasteiger partial charge is 0.261 e. The number of hydrogen-bond acceptors (Lipinski definition) is 4. The van der Waals surface area contributed by atoms with Crippen molar-refractivity contribution in [2.75, 3.05) is 19.5 Å². The number of nitrogens with zero attached hydrogens (tertiary/aromatic N) is 1. The second-order valence-corrected chi connectivity index (χ2v) is 6.99. The number of hydrogen-bond donors (Lipinski definition) is 1. The van der Waals surface area contributed by atoms with Crippen molar-refractivity contribution >= 4 is 34.1 Å². The van der Waals surface area contributed by atoms with Gasteiger partial charge in [0.25, 0.3) is 5.91 Å². The Morgan fingerprint density at radius 2 is 1.86 bits per heavy atom. The van der Waals surface area contributed by atoms with Gasteiger partial charge in [0, 0.05) is 28.7 Å². The van der Waals surface area contributed by atoms with Crippen molar-refractivity contribution in [1.82, 2.24) is 4.57 Å². The van der Waals surface area contributed by atoms with Gasteiger partial charge < -0.3 is 19.4 Å².